The summed E-state index contributed by atoms with van der Waals surface area (Å²) in [7, 11) is 0. The van der Waals surface area contributed by atoms with Gasteiger partial charge in [-0.1, -0.05) is 158 Å². The van der Waals surface area contributed by atoms with Crippen molar-refractivity contribution in [2.75, 3.05) is 0 Å². The summed E-state index contributed by atoms with van der Waals surface area (Å²) >= 11 is 3.83. The van der Waals surface area contributed by atoms with Gasteiger partial charge in [0.15, 0.2) is 0 Å². The van der Waals surface area contributed by atoms with Crippen molar-refractivity contribution in [3.63, 3.8) is 0 Å². The van der Waals surface area contributed by atoms with Gasteiger partial charge in [-0.25, -0.2) is 0 Å². The van der Waals surface area contributed by atoms with Crippen molar-refractivity contribution in [3.05, 3.63) is 182 Å². The van der Waals surface area contributed by atoms with Crippen LogP contribution in [-0.2, 0) is 0 Å². The van der Waals surface area contributed by atoms with Crippen LogP contribution in [-0.4, -0.2) is 0 Å². The van der Waals surface area contributed by atoms with Crippen molar-refractivity contribution < 1.29 is 0 Å². The summed E-state index contributed by atoms with van der Waals surface area (Å²) in [5.41, 5.74) is 7.61. The number of rotatable bonds is 3. The Hall–Kier alpha value is -6.32. The fraction of sp³-hybridized carbons (Fsp3) is 0. The van der Waals surface area contributed by atoms with Crippen molar-refractivity contribution in [1.82, 2.24) is 0 Å². The summed E-state index contributed by atoms with van der Waals surface area (Å²) in [4.78, 5) is 0. The zero-order chi connectivity index (χ0) is 35.3. The third-order valence-corrected chi connectivity index (χ3v) is 13.8. The van der Waals surface area contributed by atoms with Crippen molar-refractivity contribution in [1.29, 1.82) is 0 Å². The van der Waals surface area contributed by atoms with Crippen molar-refractivity contribution in [2.45, 2.75) is 0 Å². The lowest BCUT2D eigenvalue weighted by Gasteiger charge is -2.19. The van der Waals surface area contributed by atoms with E-state index in [1.807, 2.05) is 22.7 Å². The quantitative estimate of drug-likeness (QED) is 0.160. The van der Waals surface area contributed by atoms with Crippen LogP contribution >= 0.6 is 22.7 Å². The second-order valence-corrected chi connectivity index (χ2v) is 16.4. The lowest BCUT2D eigenvalue weighted by molar-refractivity contribution is 1.66. The van der Waals surface area contributed by atoms with Gasteiger partial charge in [-0.05, 0) is 95.3 Å². The molecule has 0 saturated carbocycles. The first-order valence-corrected chi connectivity index (χ1v) is 20.1. The van der Waals surface area contributed by atoms with Gasteiger partial charge in [0, 0.05) is 45.7 Å². The Morgan fingerprint density at radius 2 is 0.833 bits per heavy atom. The Morgan fingerprint density at radius 3 is 1.57 bits per heavy atom. The summed E-state index contributed by atoms with van der Waals surface area (Å²) in [6.07, 6.45) is 0. The predicted molar refractivity (Wildman–Crippen MR) is 239 cm³/mol. The van der Waals surface area contributed by atoms with Gasteiger partial charge in [-0.15, -0.1) is 22.7 Å². The number of hydrogen-bond acceptors (Lipinski definition) is 2. The number of thiophene rings is 2. The first kappa shape index (κ1) is 30.2. The molecule has 0 unspecified atom stereocenters. The second kappa shape index (κ2) is 11.6. The standard InChI is InChI=1S/C52H30S2/c1-2-12-31(13-3-1)48-37-16-6-8-18-39(37)50(40-19-9-7-17-38(40)48)41-27-26-34(35-14-4-5-15-36(35)41)33-24-28-46-44(30-33)42-25-22-32-23-29-47-51(49(32)52(42)54-46)43-20-10-11-21-45(43)53-47/h1-30H. The van der Waals surface area contributed by atoms with E-state index in [-0.39, 0.29) is 0 Å². The Labute approximate surface area is 319 Å². The maximum Gasteiger partial charge on any atom is 0.0440 e. The molecule has 0 N–H and O–H groups in total. The molecule has 0 spiro atoms. The molecule has 12 rings (SSSR count). The smallest absolute Gasteiger partial charge is 0.0440 e. The van der Waals surface area contributed by atoms with Crippen LogP contribution in [0, 0.1) is 0 Å². The molecule has 0 nitrogen and oxygen atoms in total. The van der Waals surface area contributed by atoms with Gasteiger partial charge < -0.3 is 0 Å². The molecule has 10 aromatic carbocycles. The van der Waals surface area contributed by atoms with Crippen LogP contribution < -0.4 is 0 Å². The van der Waals surface area contributed by atoms with E-state index in [4.69, 9.17) is 0 Å². The van der Waals surface area contributed by atoms with E-state index in [2.05, 4.69) is 182 Å². The monoisotopic (exact) mass is 718 g/mol. The summed E-state index contributed by atoms with van der Waals surface area (Å²) < 4.78 is 5.42. The first-order chi connectivity index (χ1) is 26.8. The van der Waals surface area contributed by atoms with Crippen LogP contribution in [0.3, 0.4) is 0 Å². The molecule has 2 aromatic heterocycles. The lowest BCUT2D eigenvalue weighted by atomic mass is 9.84. The Kier molecular flexibility index (Phi) is 6.48. The van der Waals surface area contributed by atoms with Crippen molar-refractivity contribution >= 4 is 106 Å². The number of hydrogen-bond donors (Lipinski definition) is 0. The average Bonchev–Trinajstić information content (AvgIpc) is 3.81. The Morgan fingerprint density at radius 1 is 0.278 bits per heavy atom. The third kappa shape index (κ3) is 4.30. The number of benzene rings is 10. The molecule has 0 aliphatic rings. The molecular weight excluding hydrogens is 689 g/mol. The van der Waals surface area contributed by atoms with Crippen LogP contribution in [0.15, 0.2) is 182 Å². The minimum atomic E-state index is 1.24. The molecule has 0 radical (unpaired) electrons. The second-order valence-electron chi connectivity index (χ2n) is 14.3. The van der Waals surface area contributed by atoms with Crippen molar-refractivity contribution in [2.24, 2.45) is 0 Å². The lowest BCUT2D eigenvalue weighted by Crippen LogP contribution is -1.92. The zero-order valence-corrected chi connectivity index (χ0v) is 30.8. The minimum absolute atomic E-state index is 1.24. The number of fused-ring (bicyclic) bond motifs is 12. The molecule has 250 valence electrons. The molecule has 0 aliphatic heterocycles. The highest BCUT2D eigenvalue weighted by Crippen LogP contribution is 2.48. The normalized spacial score (nSPS) is 12.1. The maximum atomic E-state index is 2.44. The largest absolute Gasteiger partial charge is 0.135 e. The Balaban J connectivity index is 1.09. The van der Waals surface area contributed by atoms with Gasteiger partial charge in [-0.2, -0.15) is 0 Å². The van der Waals surface area contributed by atoms with E-state index >= 15 is 0 Å². The minimum Gasteiger partial charge on any atom is -0.135 e. The van der Waals surface area contributed by atoms with E-state index in [1.165, 1.54) is 117 Å². The van der Waals surface area contributed by atoms with E-state index in [0.717, 1.165) is 0 Å². The molecule has 0 atom stereocenters. The highest BCUT2D eigenvalue weighted by atomic mass is 32.1. The summed E-state index contributed by atoms with van der Waals surface area (Å²) in [6.45, 7) is 0. The zero-order valence-electron chi connectivity index (χ0n) is 29.1. The summed E-state index contributed by atoms with van der Waals surface area (Å²) in [6, 6.07) is 67.7. The van der Waals surface area contributed by atoms with E-state index in [0.29, 0.717) is 0 Å². The van der Waals surface area contributed by atoms with Crippen LogP contribution in [0.4, 0.5) is 0 Å². The maximum absolute atomic E-state index is 2.44. The first-order valence-electron chi connectivity index (χ1n) is 18.5. The molecule has 0 amide bonds. The van der Waals surface area contributed by atoms with Gasteiger partial charge >= 0.3 is 0 Å². The molecule has 0 saturated heterocycles. The van der Waals surface area contributed by atoms with Gasteiger partial charge in [0.05, 0.1) is 0 Å². The molecule has 0 aliphatic carbocycles. The molecule has 2 heteroatoms. The molecular formula is C52H30S2. The van der Waals surface area contributed by atoms with Crippen LogP contribution in [0.5, 0.6) is 0 Å². The van der Waals surface area contributed by atoms with Crippen LogP contribution in [0.25, 0.3) is 117 Å². The van der Waals surface area contributed by atoms with E-state index in [9.17, 15) is 0 Å². The SMILES string of the molecule is c1ccc(-c2c3ccccc3c(-c3ccc(-c4ccc5sc6c(ccc7ccc8sc9ccccc9c8c76)c5c4)c4ccccc34)c3ccccc23)cc1. The van der Waals surface area contributed by atoms with Crippen LogP contribution in [0.1, 0.15) is 0 Å². The van der Waals surface area contributed by atoms with E-state index in [1.54, 1.807) is 0 Å². The summed E-state index contributed by atoms with van der Waals surface area (Å²) in [5, 5.41) is 15.8. The highest BCUT2D eigenvalue weighted by Gasteiger charge is 2.20. The van der Waals surface area contributed by atoms with Gasteiger partial charge in [-0.3, -0.25) is 0 Å². The topological polar surface area (TPSA) is 0 Å². The predicted octanol–water partition coefficient (Wildman–Crippen LogP) is 16.0. The van der Waals surface area contributed by atoms with E-state index < -0.39 is 0 Å². The Bertz CT molecular complexity index is 3430. The molecule has 2 heterocycles. The molecule has 0 bridgehead atoms. The van der Waals surface area contributed by atoms with Gasteiger partial charge in [0.25, 0.3) is 0 Å². The van der Waals surface area contributed by atoms with Crippen molar-refractivity contribution in [3.8, 4) is 33.4 Å². The van der Waals surface area contributed by atoms with Gasteiger partial charge in [0.1, 0.15) is 0 Å². The average molecular weight is 719 g/mol. The third-order valence-electron chi connectivity index (χ3n) is 11.5. The fourth-order valence-electron chi connectivity index (χ4n) is 9.13. The van der Waals surface area contributed by atoms with Crippen LogP contribution in [0.2, 0.25) is 0 Å². The molecule has 0 fully saturated rings. The molecule has 54 heavy (non-hydrogen) atoms. The van der Waals surface area contributed by atoms with Gasteiger partial charge in [0.2, 0.25) is 0 Å². The summed E-state index contributed by atoms with van der Waals surface area (Å²) in [5.74, 6) is 0. The fourth-order valence-corrected chi connectivity index (χ4v) is 11.5. The molecule has 12 aromatic rings. The highest BCUT2D eigenvalue weighted by molar-refractivity contribution is 7.28.